The Labute approximate surface area is 412 Å². The highest BCUT2D eigenvalue weighted by molar-refractivity contribution is 6.13. The van der Waals surface area contributed by atoms with Crippen molar-refractivity contribution in [3.63, 3.8) is 0 Å². The van der Waals surface area contributed by atoms with E-state index in [2.05, 4.69) is 231 Å². The summed E-state index contributed by atoms with van der Waals surface area (Å²) in [6.45, 7) is 4.72. The van der Waals surface area contributed by atoms with Gasteiger partial charge in [0.05, 0.1) is 22.1 Å². The van der Waals surface area contributed by atoms with E-state index in [9.17, 15) is 0 Å². The smallest absolute Gasteiger partial charge is 0.164 e. The third-order valence-electron chi connectivity index (χ3n) is 15.9. The highest BCUT2D eigenvalue weighted by Gasteiger charge is 2.52. The standard InChI is InChI=1S/C67H44N4/c1-66(2)53-25-11-9-21-47(53)48-37-35-46(40-58(48)66)45-36-38-54-52(39-45)61-51(65-69-63(43-19-7-4-8-20-43)68-64(70-65)44-33-31-42(32-34-44)41-17-5-3-6-18-41)24-16-27-56(61)67(54)55-26-12-14-30-60(55)71-59-29-13-10-22-49(59)50-23-15-28-57(67)62(50)71/h3-40H,1-2H3. The predicted octanol–water partition coefficient (Wildman–Crippen LogP) is 16.3. The van der Waals surface area contributed by atoms with Crippen molar-refractivity contribution in [3.8, 4) is 84.4 Å². The Morgan fingerprint density at radius 1 is 0.324 bits per heavy atom. The second-order valence-electron chi connectivity index (χ2n) is 19.9. The molecule has 2 aliphatic carbocycles. The van der Waals surface area contributed by atoms with Gasteiger partial charge < -0.3 is 4.57 Å². The van der Waals surface area contributed by atoms with Crippen LogP contribution < -0.4 is 0 Å². The fourth-order valence-electron chi connectivity index (χ4n) is 12.7. The van der Waals surface area contributed by atoms with Crippen molar-refractivity contribution in [1.82, 2.24) is 19.5 Å². The quantitative estimate of drug-likeness (QED) is 0.173. The minimum atomic E-state index is -0.660. The van der Waals surface area contributed by atoms with Crippen LogP contribution in [0.1, 0.15) is 47.2 Å². The number of rotatable bonds is 5. The number of aromatic nitrogens is 4. The highest BCUT2D eigenvalue weighted by Crippen LogP contribution is 2.63. The molecule has 4 nitrogen and oxygen atoms in total. The zero-order valence-electron chi connectivity index (χ0n) is 39.2. The summed E-state index contributed by atoms with van der Waals surface area (Å²) in [6, 6.07) is 84.3. The zero-order chi connectivity index (χ0) is 47.0. The predicted molar refractivity (Wildman–Crippen MR) is 290 cm³/mol. The van der Waals surface area contributed by atoms with Gasteiger partial charge in [-0.2, -0.15) is 0 Å². The third kappa shape index (κ3) is 5.53. The lowest BCUT2D eigenvalue weighted by Gasteiger charge is -2.39. The number of hydrogen-bond donors (Lipinski definition) is 0. The fourth-order valence-corrected chi connectivity index (χ4v) is 12.7. The molecular weight excluding hydrogens is 861 g/mol. The fraction of sp³-hybridized carbons (Fsp3) is 0.0597. The van der Waals surface area contributed by atoms with Gasteiger partial charge in [-0.1, -0.05) is 220 Å². The molecule has 0 fully saturated rings. The Hall–Kier alpha value is -8.99. The summed E-state index contributed by atoms with van der Waals surface area (Å²) < 4.78 is 2.51. The van der Waals surface area contributed by atoms with Crippen molar-refractivity contribution in [2.45, 2.75) is 24.7 Å². The Bertz CT molecular complexity index is 4180. The summed E-state index contributed by atoms with van der Waals surface area (Å²) in [4.78, 5) is 16.1. The van der Waals surface area contributed by atoms with Crippen LogP contribution in [0.2, 0.25) is 0 Å². The molecule has 3 heterocycles. The summed E-state index contributed by atoms with van der Waals surface area (Å²) in [5.41, 5.74) is 23.1. The maximum atomic E-state index is 5.46. The van der Waals surface area contributed by atoms with Gasteiger partial charge in [-0.15, -0.1) is 0 Å². The molecule has 12 aromatic rings. The first-order valence-corrected chi connectivity index (χ1v) is 24.6. The van der Waals surface area contributed by atoms with E-state index in [-0.39, 0.29) is 5.41 Å². The second-order valence-corrected chi connectivity index (χ2v) is 19.9. The average molecular weight is 905 g/mol. The zero-order valence-corrected chi connectivity index (χ0v) is 39.2. The topological polar surface area (TPSA) is 43.6 Å². The van der Waals surface area contributed by atoms with Crippen LogP contribution in [-0.2, 0) is 10.8 Å². The van der Waals surface area contributed by atoms with Crippen LogP contribution in [0.25, 0.3) is 106 Å². The van der Waals surface area contributed by atoms with Crippen LogP contribution >= 0.6 is 0 Å². The van der Waals surface area contributed by atoms with E-state index in [1.165, 1.54) is 94.3 Å². The van der Waals surface area contributed by atoms with E-state index in [4.69, 9.17) is 15.0 Å². The van der Waals surface area contributed by atoms with Crippen molar-refractivity contribution < 1.29 is 0 Å². The van der Waals surface area contributed by atoms with Crippen molar-refractivity contribution >= 4 is 21.8 Å². The molecule has 0 amide bonds. The lowest BCUT2D eigenvalue weighted by Crippen LogP contribution is -2.33. The molecule has 15 rings (SSSR count). The average Bonchev–Trinajstić information content (AvgIpc) is 4.02. The van der Waals surface area contributed by atoms with Crippen LogP contribution in [0, 0.1) is 0 Å². The van der Waals surface area contributed by atoms with Crippen molar-refractivity contribution in [2.75, 3.05) is 0 Å². The van der Waals surface area contributed by atoms with E-state index < -0.39 is 5.41 Å². The molecule has 4 heteroatoms. The Kier molecular flexibility index (Phi) is 8.30. The van der Waals surface area contributed by atoms with Crippen LogP contribution in [0.15, 0.2) is 231 Å². The Morgan fingerprint density at radius 3 is 1.68 bits per heavy atom. The number of para-hydroxylation sites is 3. The maximum Gasteiger partial charge on any atom is 0.164 e. The molecular formula is C67H44N4. The van der Waals surface area contributed by atoms with Gasteiger partial charge in [-0.05, 0) is 102 Å². The van der Waals surface area contributed by atoms with E-state index >= 15 is 0 Å². The molecule has 10 aromatic carbocycles. The molecule has 0 saturated heterocycles. The van der Waals surface area contributed by atoms with E-state index in [0.29, 0.717) is 17.5 Å². The molecule has 71 heavy (non-hydrogen) atoms. The van der Waals surface area contributed by atoms with Crippen molar-refractivity contribution in [1.29, 1.82) is 0 Å². The lowest BCUT2D eigenvalue weighted by molar-refractivity contribution is 0.660. The van der Waals surface area contributed by atoms with Gasteiger partial charge in [-0.25, -0.2) is 15.0 Å². The van der Waals surface area contributed by atoms with Crippen LogP contribution in [0.4, 0.5) is 0 Å². The third-order valence-corrected chi connectivity index (χ3v) is 15.9. The first-order chi connectivity index (χ1) is 35.0. The van der Waals surface area contributed by atoms with Gasteiger partial charge in [0.25, 0.3) is 0 Å². The first kappa shape index (κ1) is 40.0. The molecule has 0 N–H and O–H groups in total. The summed E-state index contributed by atoms with van der Waals surface area (Å²) in [5.74, 6) is 1.91. The van der Waals surface area contributed by atoms with Gasteiger partial charge in [0.15, 0.2) is 17.5 Å². The van der Waals surface area contributed by atoms with Gasteiger partial charge in [-0.3, -0.25) is 0 Å². The van der Waals surface area contributed by atoms with E-state index in [1.807, 2.05) is 18.2 Å². The molecule has 1 aliphatic heterocycles. The SMILES string of the molecule is CC1(C)c2ccccc2-c2ccc(-c3ccc4c(c3)-c3c(-c5nc(-c6ccccc6)nc(-c6ccc(-c7ccccc7)cc6)n5)cccc3C43c4ccccc4-n4c5ccccc5c5cccc3c54)cc21. The number of benzene rings is 10. The van der Waals surface area contributed by atoms with Crippen LogP contribution in [0.5, 0.6) is 0 Å². The molecule has 1 spiro atoms. The molecule has 0 saturated carbocycles. The summed E-state index contributed by atoms with van der Waals surface area (Å²) in [5, 5.41) is 2.51. The van der Waals surface area contributed by atoms with Gasteiger partial charge in [0.1, 0.15) is 0 Å². The Morgan fingerprint density at radius 2 is 0.859 bits per heavy atom. The number of hydrogen-bond acceptors (Lipinski definition) is 3. The largest absolute Gasteiger partial charge is 0.309 e. The summed E-state index contributed by atoms with van der Waals surface area (Å²) in [6.07, 6.45) is 0. The molecule has 0 bridgehead atoms. The van der Waals surface area contributed by atoms with E-state index in [0.717, 1.165) is 27.8 Å². The molecule has 0 radical (unpaired) electrons. The number of nitrogens with zero attached hydrogens (tertiary/aromatic N) is 4. The molecule has 1 unspecified atom stereocenters. The van der Waals surface area contributed by atoms with Crippen molar-refractivity contribution in [2.24, 2.45) is 0 Å². The van der Waals surface area contributed by atoms with Crippen LogP contribution in [-0.4, -0.2) is 19.5 Å². The minimum Gasteiger partial charge on any atom is -0.309 e. The highest BCUT2D eigenvalue weighted by atomic mass is 15.0. The van der Waals surface area contributed by atoms with Gasteiger partial charge in [0.2, 0.25) is 0 Å². The molecule has 2 aromatic heterocycles. The van der Waals surface area contributed by atoms with E-state index in [1.54, 1.807) is 0 Å². The second kappa shape index (κ2) is 14.8. The number of fused-ring (bicyclic) bond motifs is 15. The maximum absolute atomic E-state index is 5.46. The first-order valence-electron chi connectivity index (χ1n) is 24.6. The molecule has 3 aliphatic rings. The molecule has 1 atom stereocenters. The minimum absolute atomic E-state index is 0.125. The lowest BCUT2D eigenvalue weighted by atomic mass is 9.65. The summed E-state index contributed by atoms with van der Waals surface area (Å²) >= 11 is 0. The van der Waals surface area contributed by atoms with Crippen LogP contribution in [0.3, 0.4) is 0 Å². The monoisotopic (exact) mass is 904 g/mol. The van der Waals surface area contributed by atoms with Gasteiger partial charge >= 0.3 is 0 Å². The Balaban J connectivity index is 1.01. The summed E-state index contributed by atoms with van der Waals surface area (Å²) in [7, 11) is 0. The molecule has 332 valence electrons. The normalized spacial score (nSPS) is 15.4. The van der Waals surface area contributed by atoms with Gasteiger partial charge in [0, 0.05) is 32.9 Å². The van der Waals surface area contributed by atoms with Crippen molar-refractivity contribution in [3.05, 3.63) is 264 Å².